The molecule has 0 unspecified atom stereocenters. The number of rotatable bonds is 3. The number of nitrogen functional groups attached to an aromatic ring is 2. The van der Waals surface area contributed by atoms with Crippen molar-refractivity contribution < 1.29 is 14.3 Å². The first-order valence-electron chi connectivity index (χ1n) is 9.20. The molecule has 9 heteroatoms. The van der Waals surface area contributed by atoms with Crippen LogP contribution in [-0.4, -0.2) is 52.7 Å². The molecule has 9 nitrogen and oxygen atoms in total. The lowest BCUT2D eigenvalue weighted by Gasteiger charge is -2.31. The lowest BCUT2D eigenvalue weighted by Crippen LogP contribution is -2.48. The fourth-order valence-corrected chi connectivity index (χ4v) is 3.75. The molecule has 0 bridgehead atoms. The van der Waals surface area contributed by atoms with Crippen LogP contribution >= 0.6 is 0 Å². The molecule has 3 heterocycles. The van der Waals surface area contributed by atoms with Crippen LogP contribution in [0.2, 0.25) is 0 Å². The summed E-state index contributed by atoms with van der Waals surface area (Å²) in [5.41, 5.74) is 13.9. The maximum atomic E-state index is 11.2. The Morgan fingerprint density at radius 1 is 1.29 bits per heavy atom. The van der Waals surface area contributed by atoms with E-state index in [-0.39, 0.29) is 11.9 Å². The Morgan fingerprint density at radius 2 is 2.07 bits per heavy atom. The van der Waals surface area contributed by atoms with Crippen LogP contribution in [0.25, 0.3) is 0 Å². The van der Waals surface area contributed by atoms with Crippen LogP contribution in [0.15, 0.2) is 24.3 Å². The predicted molar refractivity (Wildman–Crippen MR) is 105 cm³/mol. The number of carbonyl (C=O) groups excluding carboxylic acids is 1. The molecular formula is C19H24N6O3. The quantitative estimate of drug-likeness (QED) is 0.709. The highest BCUT2D eigenvalue weighted by molar-refractivity contribution is 5.88. The van der Waals surface area contributed by atoms with Gasteiger partial charge in [0, 0.05) is 38.7 Å². The van der Waals surface area contributed by atoms with Gasteiger partial charge >= 0.3 is 0 Å². The highest BCUT2D eigenvalue weighted by Gasteiger charge is 2.44. The van der Waals surface area contributed by atoms with Crippen molar-refractivity contribution in [1.82, 2.24) is 14.9 Å². The Balaban J connectivity index is 1.48. The molecule has 2 aliphatic rings. The van der Waals surface area contributed by atoms with E-state index in [0.29, 0.717) is 37.9 Å². The molecule has 2 aromatic rings. The minimum Gasteiger partial charge on any atom is -0.466 e. The topological polar surface area (TPSA) is 129 Å². The highest BCUT2D eigenvalue weighted by Crippen LogP contribution is 2.38. The number of nitrogens with one attached hydrogen (secondary N) is 1. The molecule has 1 aromatic carbocycles. The van der Waals surface area contributed by atoms with Crippen molar-refractivity contribution in [2.45, 2.75) is 25.5 Å². The van der Waals surface area contributed by atoms with Crippen LogP contribution in [0.3, 0.4) is 0 Å². The monoisotopic (exact) mass is 384 g/mol. The number of anilines is 3. The SMILES string of the molecule is CC(=O)Nc1ccc(CN2CCOC[C@@]3(Cc4c(N)nc(N)nc4O3)C2)cc1. The van der Waals surface area contributed by atoms with Gasteiger partial charge in [-0.15, -0.1) is 0 Å². The molecule has 4 rings (SSSR count). The van der Waals surface area contributed by atoms with Crippen LogP contribution in [0.1, 0.15) is 18.1 Å². The standard InChI is InChI=1S/C19H24N6O3/c1-12(26)22-14-4-2-13(3-5-14)9-25-6-7-27-11-19(10-25)8-15-16(20)23-18(21)24-17(15)28-19/h2-5H,6-11H2,1H3,(H,22,26)(H4,20,21,23,24)/t19-/m1/s1. The first kappa shape index (κ1) is 18.5. The lowest BCUT2D eigenvalue weighted by atomic mass is 9.97. The van der Waals surface area contributed by atoms with Gasteiger partial charge in [0.15, 0.2) is 5.60 Å². The summed E-state index contributed by atoms with van der Waals surface area (Å²) in [6.45, 7) is 4.78. The fourth-order valence-electron chi connectivity index (χ4n) is 3.75. The van der Waals surface area contributed by atoms with E-state index in [9.17, 15) is 4.79 Å². The summed E-state index contributed by atoms with van der Waals surface area (Å²) < 4.78 is 12.0. The van der Waals surface area contributed by atoms with Crippen molar-refractivity contribution in [3.8, 4) is 5.88 Å². The van der Waals surface area contributed by atoms with Crippen molar-refractivity contribution in [3.63, 3.8) is 0 Å². The molecule has 148 valence electrons. The molecule has 0 radical (unpaired) electrons. The molecule has 1 atom stereocenters. The van der Waals surface area contributed by atoms with E-state index >= 15 is 0 Å². The van der Waals surface area contributed by atoms with Gasteiger partial charge in [-0.3, -0.25) is 9.69 Å². The van der Waals surface area contributed by atoms with E-state index in [2.05, 4.69) is 20.2 Å². The second-order valence-electron chi connectivity index (χ2n) is 7.35. The van der Waals surface area contributed by atoms with Crippen molar-refractivity contribution in [3.05, 3.63) is 35.4 Å². The Hall–Kier alpha value is -2.91. The van der Waals surface area contributed by atoms with Crippen molar-refractivity contribution >= 4 is 23.4 Å². The Kier molecular flexibility index (Phi) is 4.78. The minimum atomic E-state index is -0.550. The van der Waals surface area contributed by atoms with E-state index in [4.69, 9.17) is 20.9 Å². The second kappa shape index (κ2) is 7.25. The first-order valence-corrected chi connectivity index (χ1v) is 9.20. The van der Waals surface area contributed by atoms with Crippen molar-refractivity contribution in [1.29, 1.82) is 0 Å². The lowest BCUT2D eigenvalue weighted by molar-refractivity contribution is -0.114. The van der Waals surface area contributed by atoms with Crippen LogP contribution in [0.5, 0.6) is 5.88 Å². The summed E-state index contributed by atoms with van der Waals surface area (Å²) in [5.74, 6) is 0.845. The number of aromatic nitrogens is 2. The molecule has 1 saturated heterocycles. The average molecular weight is 384 g/mol. The zero-order valence-corrected chi connectivity index (χ0v) is 15.8. The molecule has 2 aliphatic heterocycles. The largest absolute Gasteiger partial charge is 0.466 e. The fraction of sp³-hybridized carbons (Fsp3) is 0.421. The Labute approximate surface area is 163 Å². The minimum absolute atomic E-state index is 0.0830. The zero-order chi connectivity index (χ0) is 19.7. The van der Waals surface area contributed by atoms with Gasteiger partial charge in [0.1, 0.15) is 5.82 Å². The number of ether oxygens (including phenoxy) is 2. The third-order valence-corrected chi connectivity index (χ3v) is 4.94. The molecule has 0 saturated carbocycles. The van der Waals surface area contributed by atoms with E-state index < -0.39 is 5.60 Å². The first-order chi connectivity index (χ1) is 13.4. The maximum absolute atomic E-state index is 11.2. The van der Waals surface area contributed by atoms with Gasteiger partial charge in [-0.25, -0.2) is 0 Å². The number of nitrogens with zero attached hydrogens (tertiary/aromatic N) is 3. The van der Waals surface area contributed by atoms with Gasteiger partial charge in [-0.05, 0) is 17.7 Å². The number of carbonyl (C=O) groups is 1. The maximum Gasteiger partial charge on any atom is 0.225 e. The van der Waals surface area contributed by atoms with Gasteiger partial charge in [-0.1, -0.05) is 12.1 Å². The third kappa shape index (κ3) is 3.85. The summed E-state index contributed by atoms with van der Waals surface area (Å²) in [6, 6.07) is 7.83. The van der Waals surface area contributed by atoms with E-state index in [1.54, 1.807) is 0 Å². The van der Waals surface area contributed by atoms with Gasteiger partial charge in [0.25, 0.3) is 0 Å². The predicted octanol–water partition coefficient (Wildman–Crippen LogP) is 0.806. The van der Waals surface area contributed by atoms with E-state index in [0.717, 1.165) is 29.9 Å². The Bertz CT molecular complexity index is 888. The molecule has 0 aliphatic carbocycles. The molecule has 1 aromatic heterocycles. The average Bonchev–Trinajstić information content (AvgIpc) is 2.86. The van der Waals surface area contributed by atoms with E-state index in [1.807, 2.05) is 24.3 Å². The number of hydrogen-bond donors (Lipinski definition) is 3. The van der Waals surface area contributed by atoms with Crippen LogP contribution in [-0.2, 0) is 22.5 Å². The summed E-state index contributed by atoms with van der Waals surface area (Å²) in [4.78, 5) is 21.7. The van der Waals surface area contributed by atoms with Crippen LogP contribution in [0.4, 0.5) is 17.5 Å². The highest BCUT2D eigenvalue weighted by atomic mass is 16.6. The molecule has 28 heavy (non-hydrogen) atoms. The Morgan fingerprint density at radius 3 is 2.82 bits per heavy atom. The number of nitrogens with two attached hydrogens (primary N) is 2. The molecule has 5 N–H and O–H groups in total. The molecular weight excluding hydrogens is 360 g/mol. The van der Waals surface area contributed by atoms with Crippen LogP contribution in [0, 0.1) is 0 Å². The second-order valence-corrected chi connectivity index (χ2v) is 7.35. The van der Waals surface area contributed by atoms with Crippen LogP contribution < -0.4 is 21.5 Å². The summed E-state index contributed by atoms with van der Waals surface area (Å²) in [7, 11) is 0. The zero-order valence-electron chi connectivity index (χ0n) is 15.8. The van der Waals surface area contributed by atoms with Gasteiger partial charge in [0.05, 0.1) is 18.8 Å². The summed E-state index contributed by atoms with van der Waals surface area (Å²) in [6.07, 6.45) is 0.590. The smallest absolute Gasteiger partial charge is 0.225 e. The molecule has 1 fully saturated rings. The molecule has 1 spiro atoms. The summed E-state index contributed by atoms with van der Waals surface area (Å²) >= 11 is 0. The number of amides is 1. The van der Waals surface area contributed by atoms with Gasteiger partial charge in [-0.2, -0.15) is 9.97 Å². The van der Waals surface area contributed by atoms with Gasteiger partial charge in [0.2, 0.25) is 17.7 Å². The number of benzene rings is 1. The third-order valence-electron chi connectivity index (χ3n) is 4.94. The number of hydrogen-bond acceptors (Lipinski definition) is 8. The number of fused-ring (bicyclic) bond motifs is 1. The summed E-state index contributed by atoms with van der Waals surface area (Å²) in [5, 5.41) is 2.78. The van der Waals surface area contributed by atoms with E-state index in [1.165, 1.54) is 6.92 Å². The van der Waals surface area contributed by atoms with Gasteiger partial charge < -0.3 is 26.3 Å². The normalized spacial score (nSPS) is 21.8. The van der Waals surface area contributed by atoms with Crippen molar-refractivity contribution in [2.75, 3.05) is 43.1 Å². The van der Waals surface area contributed by atoms with Crippen molar-refractivity contribution in [2.24, 2.45) is 0 Å². The molecule has 1 amide bonds.